The van der Waals surface area contributed by atoms with Crippen molar-refractivity contribution in [2.75, 3.05) is 11.9 Å². The fourth-order valence-corrected chi connectivity index (χ4v) is 1.24. The van der Waals surface area contributed by atoms with E-state index in [1.165, 1.54) is 4.90 Å². The number of anilines is 1. The predicted molar refractivity (Wildman–Crippen MR) is 57.3 cm³/mol. The van der Waals surface area contributed by atoms with E-state index in [0.717, 1.165) is 0 Å². The normalized spacial score (nSPS) is 12.6. The maximum absolute atomic E-state index is 10.8. The molecule has 6 nitrogen and oxygen atoms in total. The molecule has 1 N–H and O–H groups in total. The van der Waals surface area contributed by atoms with Crippen LogP contribution in [-0.2, 0) is 4.79 Å². The molecular weight excluding hydrogens is 210 g/mol. The molecule has 0 aromatic carbocycles. The highest BCUT2D eigenvalue weighted by Crippen LogP contribution is 2.20. The molecule has 2 aromatic heterocycles. The Balaban J connectivity index is 2.36. The van der Waals surface area contributed by atoms with E-state index < -0.39 is 12.0 Å². The van der Waals surface area contributed by atoms with Crippen LogP contribution in [0.5, 0.6) is 0 Å². The lowest BCUT2D eigenvalue weighted by molar-refractivity contribution is -0.138. The summed E-state index contributed by atoms with van der Waals surface area (Å²) in [4.78, 5) is 20.4. The highest BCUT2D eigenvalue weighted by Gasteiger charge is 2.21. The molecular formula is C10H11N3O3. The third-order valence-corrected chi connectivity index (χ3v) is 2.39. The number of oxazole rings is 1. The van der Waals surface area contributed by atoms with Crippen LogP contribution in [-0.4, -0.2) is 34.1 Å². The van der Waals surface area contributed by atoms with Gasteiger partial charge in [0, 0.05) is 13.2 Å². The van der Waals surface area contributed by atoms with Crippen molar-refractivity contribution >= 4 is 23.2 Å². The predicted octanol–water partition coefficient (Wildman–Crippen LogP) is 1.13. The van der Waals surface area contributed by atoms with Gasteiger partial charge >= 0.3 is 5.97 Å². The van der Waals surface area contributed by atoms with E-state index >= 15 is 0 Å². The van der Waals surface area contributed by atoms with Crippen molar-refractivity contribution in [3.05, 3.63) is 18.3 Å². The van der Waals surface area contributed by atoms with Gasteiger partial charge in [0.25, 0.3) is 6.01 Å². The van der Waals surface area contributed by atoms with Crippen molar-refractivity contribution in [1.82, 2.24) is 9.97 Å². The number of carboxylic acids is 1. The molecule has 1 atom stereocenters. The van der Waals surface area contributed by atoms with Gasteiger partial charge in [0.1, 0.15) is 6.04 Å². The minimum absolute atomic E-state index is 0.253. The standard InChI is InChI=1S/C10H11N3O3/c1-6(9(14)15)13(2)10-12-8-7(16-10)4-3-5-11-8/h3-6H,1-2H3,(H,14,15). The van der Waals surface area contributed by atoms with Gasteiger partial charge < -0.3 is 14.4 Å². The highest BCUT2D eigenvalue weighted by atomic mass is 16.4. The summed E-state index contributed by atoms with van der Waals surface area (Å²) in [7, 11) is 1.61. The molecule has 0 saturated carbocycles. The first-order chi connectivity index (χ1) is 7.59. The second-order valence-electron chi connectivity index (χ2n) is 3.45. The maximum Gasteiger partial charge on any atom is 0.326 e. The monoisotopic (exact) mass is 221 g/mol. The van der Waals surface area contributed by atoms with Gasteiger partial charge in [-0.05, 0) is 19.1 Å². The summed E-state index contributed by atoms with van der Waals surface area (Å²) in [6, 6.07) is 3.02. The molecule has 6 heteroatoms. The van der Waals surface area contributed by atoms with E-state index in [2.05, 4.69) is 9.97 Å². The van der Waals surface area contributed by atoms with Crippen LogP contribution in [0.4, 0.5) is 6.01 Å². The van der Waals surface area contributed by atoms with Crippen LogP contribution < -0.4 is 4.90 Å². The molecule has 0 bridgehead atoms. The Morgan fingerprint density at radius 1 is 1.62 bits per heavy atom. The van der Waals surface area contributed by atoms with Crippen molar-refractivity contribution in [1.29, 1.82) is 0 Å². The molecule has 84 valence electrons. The first-order valence-electron chi connectivity index (χ1n) is 4.77. The summed E-state index contributed by atoms with van der Waals surface area (Å²) in [5, 5.41) is 8.86. The average Bonchev–Trinajstić information content (AvgIpc) is 2.70. The molecule has 0 saturated heterocycles. The minimum Gasteiger partial charge on any atom is -0.480 e. The number of hydrogen-bond acceptors (Lipinski definition) is 5. The molecule has 1 unspecified atom stereocenters. The molecule has 0 radical (unpaired) electrons. The lowest BCUT2D eigenvalue weighted by atomic mass is 10.3. The van der Waals surface area contributed by atoms with Gasteiger partial charge in [-0.2, -0.15) is 4.98 Å². The number of likely N-dealkylation sites (N-methyl/N-ethyl adjacent to an activating group) is 1. The van der Waals surface area contributed by atoms with E-state index in [9.17, 15) is 4.79 Å². The summed E-state index contributed by atoms with van der Waals surface area (Å²) in [6.45, 7) is 1.56. The number of aromatic nitrogens is 2. The van der Waals surface area contributed by atoms with Crippen molar-refractivity contribution in [3.8, 4) is 0 Å². The van der Waals surface area contributed by atoms with Gasteiger partial charge in [-0.15, -0.1) is 0 Å². The quantitative estimate of drug-likeness (QED) is 0.836. The van der Waals surface area contributed by atoms with Crippen LogP contribution in [0.2, 0.25) is 0 Å². The average molecular weight is 221 g/mol. The number of carboxylic acid groups (broad SMARTS) is 1. The maximum atomic E-state index is 10.8. The van der Waals surface area contributed by atoms with Crippen LogP contribution in [0, 0.1) is 0 Å². The van der Waals surface area contributed by atoms with Gasteiger partial charge in [-0.1, -0.05) is 0 Å². The Labute approximate surface area is 91.5 Å². The summed E-state index contributed by atoms with van der Waals surface area (Å²) in [5.41, 5.74) is 1.02. The Morgan fingerprint density at radius 3 is 3.00 bits per heavy atom. The molecule has 2 heterocycles. The lowest BCUT2D eigenvalue weighted by Gasteiger charge is -2.18. The Kier molecular flexibility index (Phi) is 2.47. The van der Waals surface area contributed by atoms with Crippen LogP contribution in [0.15, 0.2) is 22.7 Å². The van der Waals surface area contributed by atoms with E-state index in [1.54, 1.807) is 32.3 Å². The SMILES string of the molecule is CC(C(=O)O)N(C)c1nc2ncccc2o1. The number of fused-ring (bicyclic) bond motifs is 1. The summed E-state index contributed by atoms with van der Waals surface area (Å²) >= 11 is 0. The van der Waals surface area contributed by atoms with Crippen LogP contribution in [0.25, 0.3) is 11.2 Å². The van der Waals surface area contributed by atoms with Gasteiger partial charge in [-0.3, -0.25) is 0 Å². The van der Waals surface area contributed by atoms with Gasteiger partial charge in [-0.25, -0.2) is 9.78 Å². The highest BCUT2D eigenvalue weighted by molar-refractivity contribution is 5.77. The molecule has 0 aliphatic heterocycles. The second kappa shape index (κ2) is 3.80. The van der Waals surface area contributed by atoms with Gasteiger partial charge in [0.05, 0.1) is 0 Å². The second-order valence-corrected chi connectivity index (χ2v) is 3.45. The topological polar surface area (TPSA) is 79.5 Å². The zero-order valence-corrected chi connectivity index (χ0v) is 8.91. The summed E-state index contributed by atoms with van der Waals surface area (Å²) in [5.74, 6) is -0.933. The van der Waals surface area contributed by atoms with Gasteiger partial charge in [0.2, 0.25) is 5.65 Å². The molecule has 0 aliphatic carbocycles. The molecule has 0 amide bonds. The van der Waals surface area contributed by atoms with Crippen molar-refractivity contribution in [3.63, 3.8) is 0 Å². The third-order valence-electron chi connectivity index (χ3n) is 2.39. The van der Waals surface area contributed by atoms with E-state index in [0.29, 0.717) is 11.2 Å². The molecule has 0 spiro atoms. The van der Waals surface area contributed by atoms with Crippen LogP contribution in [0.1, 0.15) is 6.92 Å². The fraction of sp³-hybridized carbons (Fsp3) is 0.300. The largest absolute Gasteiger partial charge is 0.480 e. The number of rotatable bonds is 3. The van der Waals surface area contributed by atoms with E-state index in [1.807, 2.05) is 0 Å². The number of hydrogen-bond donors (Lipinski definition) is 1. The molecule has 16 heavy (non-hydrogen) atoms. The Bertz CT molecular complexity index is 490. The first kappa shape index (κ1) is 10.4. The summed E-state index contributed by atoms with van der Waals surface area (Å²) < 4.78 is 5.39. The third kappa shape index (κ3) is 1.69. The van der Waals surface area contributed by atoms with Crippen molar-refractivity contribution < 1.29 is 14.3 Å². The molecule has 0 fully saturated rings. The number of carbonyl (C=O) groups is 1. The fourth-order valence-electron chi connectivity index (χ4n) is 1.24. The first-order valence-corrected chi connectivity index (χ1v) is 4.77. The zero-order chi connectivity index (χ0) is 11.7. The summed E-state index contributed by atoms with van der Waals surface area (Å²) in [6.07, 6.45) is 1.61. The Hall–Kier alpha value is -2.11. The minimum atomic E-state index is -0.933. The van der Waals surface area contributed by atoms with Crippen LogP contribution >= 0.6 is 0 Å². The number of aliphatic carboxylic acids is 1. The van der Waals surface area contributed by atoms with Crippen molar-refractivity contribution in [2.45, 2.75) is 13.0 Å². The lowest BCUT2D eigenvalue weighted by Crippen LogP contribution is -2.35. The van der Waals surface area contributed by atoms with Gasteiger partial charge in [0.15, 0.2) is 5.58 Å². The van der Waals surface area contributed by atoms with E-state index in [4.69, 9.17) is 9.52 Å². The van der Waals surface area contributed by atoms with E-state index in [-0.39, 0.29) is 6.01 Å². The molecule has 2 aromatic rings. The number of pyridine rings is 1. The molecule has 0 aliphatic rings. The Morgan fingerprint density at radius 2 is 2.38 bits per heavy atom. The van der Waals surface area contributed by atoms with Crippen LogP contribution in [0.3, 0.4) is 0 Å². The zero-order valence-electron chi connectivity index (χ0n) is 8.91. The molecule has 2 rings (SSSR count). The number of nitrogens with zero attached hydrogens (tertiary/aromatic N) is 3. The van der Waals surface area contributed by atoms with Crippen molar-refractivity contribution in [2.24, 2.45) is 0 Å². The smallest absolute Gasteiger partial charge is 0.326 e.